The molecule has 0 radical (unpaired) electrons. The zero-order chi connectivity index (χ0) is 35.2. The predicted molar refractivity (Wildman–Crippen MR) is 208 cm³/mol. The lowest BCUT2D eigenvalue weighted by Crippen LogP contribution is -2.26. The van der Waals surface area contributed by atoms with Crippen LogP contribution in [0.5, 0.6) is 0 Å². The number of ether oxygens (including phenoxy) is 2. The maximum atomic E-state index is 12.6. The van der Waals surface area contributed by atoms with E-state index in [1.54, 1.807) is 0 Å². The van der Waals surface area contributed by atoms with Crippen LogP contribution in [0.1, 0.15) is 206 Å². The molecule has 0 saturated heterocycles. The molecular formula is C43H81NO4. The van der Waals surface area contributed by atoms with E-state index in [4.69, 9.17) is 9.47 Å². The highest BCUT2D eigenvalue weighted by molar-refractivity contribution is 5.70. The Morgan fingerprint density at radius 3 is 1.29 bits per heavy atom. The summed E-state index contributed by atoms with van der Waals surface area (Å²) in [4.78, 5) is 27.1. The molecule has 5 nitrogen and oxygen atoms in total. The molecule has 0 heterocycles. The first-order valence-electron chi connectivity index (χ1n) is 20.8. The first-order chi connectivity index (χ1) is 23.5. The fourth-order valence-corrected chi connectivity index (χ4v) is 5.99. The first kappa shape index (κ1) is 46.4. The molecular weight excluding hydrogens is 594 g/mol. The summed E-state index contributed by atoms with van der Waals surface area (Å²) >= 11 is 0. The Morgan fingerprint density at radius 1 is 0.500 bits per heavy atom. The number of hydrogen-bond acceptors (Lipinski definition) is 5. The van der Waals surface area contributed by atoms with Crippen LogP contribution >= 0.6 is 0 Å². The first-order valence-corrected chi connectivity index (χ1v) is 20.8. The van der Waals surface area contributed by atoms with Crippen molar-refractivity contribution >= 4 is 11.9 Å². The molecule has 0 rings (SSSR count). The average molecular weight is 676 g/mol. The molecule has 0 N–H and O–H groups in total. The van der Waals surface area contributed by atoms with Gasteiger partial charge in [0.25, 0.3) is 0 Å². The quantitative estimate of drug-likeness (QED) is 0.0373. The molecule has 0 bridgehead atoms. The molecule has 0 aromatic rings. The summed E-state index contributed by atoms with van der Waals surface area (Å²) in [7, 11) is 4.09. The number of allylic oxidation sites excluding steroid dienone is 4. The molecule has 0 aliphatic rings. The van der Waals surface area contributed by atoms with Crippen LogP contribution in [0.4, 0.5) is 0 Å². The maximum Gasteiger partial charge on any atom is 0.306 e. The molecule has 0 aromatic carbocycles. The fourth-order valence-electron chi connectivity index (χ4n) is 5.99. The highest BCUT2D eigenvalue weighted by Gasteiger charge is 2.17. The highest BCUT2D eigenvalue weighted by Crippen LogP contribution is 2.14. The van der Waals surface area contributed by atoms with E-state index in [1.807, 2.05) is 14.1 Å². The summed E-state index contributed by atoms with van der Waals surface area (Å²) < 4.78 is 11.4. The lowest BCUT2D eigenvalue weighted by Gasteiger charge is -2.19. The van der Waals surface area contributed by atoms with Gasteiger partial charge < -0.3 is 14.4 Å². The van der Waals surface area contributed by atoms with Crippen molar-refractivity contribution in [2.75, 3.05) is 27.2 Å². The van der Waals surface area contributed by atoms with Gasteiger partial charge >= 0.3 is 11.9 Å². The van der Waals surface area contributed by atoms with Crippen molar-refractivity contribution in [3.63, 3.8) is 0 Å². The lowest BCUT2D eigenvalue weighted by molar-refractivity contribution is -0.159. The third-order valence-corrected chi connectivity index (χ3v) is 9.15. The van der Waals surface area contributed by atoms with E-state index in [-0.39, 0.29) is 24.6 Å². The van der Waals surface area contributed by atoms with Crippen molar-refractivity contribution in [1.82, 2.24) is 4.90 Å². The third kappa shape index (κ3) is 37.2. The van der Waals surface area contributed by atoms with Crippen LogP contribution in [0, 0.1) is 0 Å². The minimum atomic E-state index is -0.348. The van der Waals surface area contributed by atoms with Crippen LogP contribution in [0.2, 0.25) is 0 Å². The number of nitrogens with zero attached hydrogens (tertiary/aromatic N) is 1. The fraction of sp³-hybridized carbons (Fsp3) is 0.860. The van der Waals surface area contributed by atoms with E-state index in [9.17, 15) is 9.59 Å². The third-order valence-electron chi connectivity index (χ3n) is 9.15. The van der Waals surface area contributed by atoms with Crippen molar-refractivity contribution < 1.29 is 19.1 Å². The molecule has 0 aliphatic carbocycles. The molecule has 5 heteroatoms. The Bertz CT molecular complexity index is 747. The second-order valence-corrected chi connectivity index (χ2v) is 14.4. The predicted octanol–water partition coefficient (Wildman–Crippen LogP) is 12.9. The van der Waals surface area contributed by atoms with E-state index in [1.165, 1.54) is 141 Å². The summed E-state index contributed by atoms with van der Waals surface area (Å²) in [6, 6.07) is 0. The second-order valence-electron chi connectivity index (χ2n) is 14.4. The lowest BCUT2D eigenvalue weighted by atomic mass is 10.1. The Kier molecular flexibility index (Phi) is 36.9. The van der Waals surface area contributed by atoms with Gasteiger partial charge in [-0.1, -0.05) is 141 Å². The van der Waals surface area contributed by atoms with Crippen LogP contribution in [0.15, 0.2) is 24.3 Å². The van der Waals surface area contributed by atoms with Gasteiger partial charge in [0.05, 0.1) is 0 Å². The van der Waals surface area contributed by atoms with E-state index < -0.39 is 0 Å². The molecule has 1 unspecified atom stereocenters. The molecule has 48 heavy (non-hydrogen) atoms. The van der Waals surface area contributed by atoms with Gasteiger partial charge in [0.1, 0.15) is 12.7 Å². The van der Waals surface area contributed by atoms with Crippen molar-refractivity contribution in [1.29, 1.82) is 0 Å². The zero-order valence-corrected chi connectivity index (χ0v) is 32.6. The number of rotatable bonds is 37. The van der Waals surface area contributed by atoms with E-state index in [2.05, 4.69) is 43.1 Å². The van der Waals surface area contributed by atoms with Crippen LogP contribution in [-0.2, 0) is 19.1 Å². The smallest absolute Gasteiger partial charge is 0.306 e. The average Bonchev–Trinajstić information content (AvgIpc) is 3.06. The zero-order valence-electron chi connectivity index (χ0n) is 32.6. The topological polar surface area (TPSA) is 55.8 Å². The minimum Gasteiger partial charge on any atom is -0.462 e. The number of carbonyl (C=O) groups excluding carboxylic acids is 2. The molecule has 1 atom stereocenters. The van der Waals surface area contributed by atoms with Gasteiger partial charge in [-0.2, -0.15) is 0 Å². The Labute approximate surface area is 299 Å². The highest BCUT2D eigenvalue weighted by atomic mass is 16.6. The van der Waals surface area contributed by atoms with Gasteiger partial charge in [0.2, 0.25) is 0 Å². The number of esters is 2. The van der Waals surface area contributed by atoms with Crippen molar-refractivity contribution in [2.24, 2.45) is 0 Å². The standard InChI is InChI=1S/C43H81NO4/c1-5-7-9-11-13-15-17-19-21-23-25-27-29-31-33-37-42(45)47-40-41(36-35-39-44(3)4)48-43(46)38-34-32-30-28-26-24-22-20-18-16-14-12-10-8-6-2/h19-22,41H,5-18,23-40H2,1-4H3/b21-19-,22-20-. The molecule has 0 fully saturated rings. The monoisotopic (exact) mass is 676 g/mol. The Morgan fingerprint density at radius 2 is 0.875 bits per heavy atom. The van der Waals surface area contributed by atoms with Gasteiger partial charge in [-0.05, 0) is 97.7 Å². The number of carbonyl (C=O) groups is 2. The Balaban J connectivity index is 3.93. The molecule has 0 spiro atoms. The SMILES string of the molecule is CCCCCCCC/C=C\CCCCCCCC(=O)OCC(CCCN(C)C)OC(=O)CCCCCCC/C=C\CCCCCCCC. The summed E-state index contributed by atoms with van der Waals surface area (Å²) in [6.07, 6.45) is 43.8. The molecule has 0 amide bonds. The molecule has 0 aromatic heterocycles. The van der Waals surface area contributed by atoms with Crippen molar-refractivity contribution in [3.8, 4) is 0 Å². The van der Waals surface area contributed by atoms with Crippen molar-refractivity contribution in [3.05, 3.63) is 24.3 Å². The van der Waals surface area contributed by atoms with Crippen LogP contribution in [-0.4, -0.2) is 50.2 Å². The van der Waals surface area contributed by atoms with E-state index >= 15 is 0 Å². The summed E-state index contributed by atoms with van der Waals surface area (Å²) in [5.41, 5.74) is 0. The molecule has 0 saturated carbocycles. The minimum absolute atomic E-state index is 0.157. The van der Waals surface area contributed by atoms with Gasteiger partial charge in [-0.25, -0.2) is 0 Å². The van der Waals surface area contributed by atoms with Crippen LogP contribution in [0.25, 0.3) is 0 Å². The maximum absolute atomic E-state index is 12.6. The van der Waals surface area contributed by atoms with Crippen LogP contribution in [0.3, 0.4) is 0 Å². The Hall–Kier alpha value is -1.62. The van der Waals surface area contributed by atoms with Gasteiger partial charge in [-0.15, -0.1) is 0 Å². The summed E-state index contributed by atoms with van der Waals surface area (Å²) in [5, 5.41) is 0. The van der Waals surface area contributed by atoms with Crippen LogP contribution < -0.4 is 0 Å². The summed E-state index contributed by atoms with van der Waals surface area (Å²) in [6.45, 7) is 5.63. The molecule has 0 aliphatic heterocycles. The normalized spacial score (nSPS) is 12.4. The van der Waals surface area contributed by atoms with E-state index in [0.29, 0.717) is 12.8 Å². The summed E-state index contributed by atoms with van der Waals surface area (Å²) in [5.74, 6) is -0.325. The number of hydrogen-bond donors (Lipinski definition) is 0. The van der Waals surface area contributed by atoms with Crippen molar-refractivity contribution in [2.45, 2.75) is 213 Å². The van der Waals surface area contributed by atoms with Gasteiger partial charge in [-0.3, -0.25) is 9.59 Å². The molecule has 282 valence electrons. The largest absolute Gasteiger partial charge is 0.462 e. The van der Waals surface area contributed by atoms with E-state index in [0.717, 1.165) is 45.1 Å². The van der Waals surface area contributed by atoms with Gasteiger partial charge in [0.15, 0.2) is 0 Å². The second kappa shape index (κ2) is 38.2. The van der Waals surface area contributed by atoms with Gasteiger partial charge in [0, 0.05) is 12.8 Å². The number of unbranched alkanes of at least 4 members (excludes halogenated alkanes) is 22.